The predicted octanol–water partition coefficient (Wildman–Crippen LogP) is 4.49. The Morgan fingerprint density at radius 2 is 1.80 bits per heavy atom. The highest BCUT2D eigenvalue weighted by Crippen LogP contribution is 2.35. The van der Waals surface area contributed by atoms with Crippen molar-refractivity contribution in [3.05, 3.63) is 64.1 Å². The van der Waals surface area contributed by atoms with Crippen LogP contribution in [0.1, 0.15) is 31.9 Å². The van der Waals surface area contributed by atoms with E-state index >= 15 is 0 Å². The van der Waals surface area contributed by atoms with Crippen LogP contribution in [0.2, 0.25) is 0 Å². The van der Waals surface area contributed by atoms with Gasteiger partial charge in [-0.3, -0.25) is 0 Å². The molecule has 0 fully saturated rings. The maximum absolute atomic E-state index is 10.9. The highest BCUT2D eigenvalue weighted by atomic mass is 79.9. The second-order valence-corrected chi connectivity index (χ2v) is 6.10. The predicted molar refractivity (Wildman–Crippen MR) is 85.0 cm³/mol. The second kappa shape index (κ2) is 5.98. The highest BCUT2D eigenvalue weighted by Gasteiger charge is 2.27. The first-order valence-electron chi connectivity index (χ1n) is 6.66. The molecular weight excluding hydrogens is 316 g/mol. The van der Waals surface area contributed by atoms with Crippen LogP contribution >= 0.6 is 15.9 Å². The minimum absolute atomic E-state index is 0.110. The molecule has 3 heteroatoms. The van der Waals surface area contributed by atoms with Gasteiger partial charge in [0.15, 0.2) is 0 Å². The van der Waals surface area contributed by atoms with E-state index in [1.807, 2.05) is 62.4 Å². The molecule has 1 N–H and O–H groups in total. The monoisotopic (exact) mass is 334 g/mol. The summed E-state index contributed by atoms with van der Waals surface area (Å²) in [5, 5.41) is 10.9. The minimum atomic E-state index is -1.07. The van der Waals surface area contributed by atoms with Crippen LogP contribution in [-0.2, 0) is 5.60 Å². The van der Waals surface area contributed by atoms with E-state index in [-0.39, 0.29) is 6.10 Å². The quantitative estimate of drug-likeness (QED) is 0.892. The normalized spacial score (nSPS) is 14.1. The van der Waals surface area contributed by atoms with Crippen molar-refractivity contribution in [3.8, 4) is 5.75 Å². The zero-order chi connectivity index (χ0) is 14.8. The van der Waals surface area contributed by atoms with Crippen LogP contribution in [-0.4, -0.2) is 11.2 Å². The van der Waals surface area contributed by atoms with Gasteiger partial charge in [-0.25, -0.2) is 0 Å². The highest BCUT2D eigenvalue weighted by molar-refractivity contribution is 9.10. The van der Waals surface area contributed by atoms with E-state index < -0.39 is 5.60 Å². The zero-order valence-corrected chi connectivity index (χ0v) is 13.5. The van der Waals surface area contributed by atoms with Crippen molar-refractivity contribution in [2.24, 2.45) is 0 Å². The number of ether oxygens (including phenoxy) is 1. The molecule has 0 aliphatic heterocycles. The van der Waals surface area contributed by atoms with Gasteiger partial charge in [0.25, 0.3) is 0 Å². The van der Waals surface area contributed by atoms with Gasteiger partial charge in [-0.2, -0.15) is 0 Å². The third-order valence-corrected chi connectivity index (χ3v) is 3.86. The molecule has 0 aromatic heterocycles. The molecule has 0 bridgehead atoms. The molecule has 0 saturated carbocycles. The molecule has 2 aromatic carbocycles. The van der Waals surface area contributed by atoms with E-state index in [0.717, 1.165) is 21.3 Å². The van der Waals surface area contributed by atoms with E-state index in [1.54, 1.807) is 6.92 Å². The van der Waals surface area contributed by atoms with Crippen LogP contribution in [0, 0.1) is 0 Å². The molecule has 0 aliphatic carbocycles. The van der Waals surface area contributed by atoms with Crippen molar-refractivity contribution in [3.63, 3.8) is 0 Å². The Balaban J connectivity index is 2.41. The van der Waals surface area contributed by atoms with Crippen molar-refractivity contribution in [2.45, 2.75) is 32.5 Å². The Labute approximate surface area is 128 Å². The van der Waals surface area contributed by atoms with E-state index in [9.17, 15) is 5.11 Å². The lowest BCUT2D eigenvalue weighted by Gasteiger charge is -2.26. The Morgan fingerprint density at radius 1 is 1.10 bits per heavy atom. The van der Waals surface area contributed by atoms with Crippen LogP contribution < -0.4 is 4.74 Å². The van der Waals surface area contributed by atoms with Crippen LogP contribution in [0.25, 0.3) is 0 Å². The molecule has 1 atom stereocenters. The van der Waals surface area contributed by atoms with Crippen LogP contribution in [0.4, 0.5) is 0 Å². The first kappa shape index (κ1) is 15.1. The number of halogens is 1. The molecule has 0 spiro atoms. The summed E-state index contributed by atoms with van der Waals surface area (Å²) in [7, 11) is 0. The van der Waals surface area contributed by atoms with Crippen molar-refractivity contribution >= 4 is 15.9 Å². The summed E-state index contributed by atoms with van der Waals surface area (Å²) >= 11 is 3.50. The smallest absolute Gasteiger partial charge is 0.120 e. The lowest BCUT2D eigenvalue weighted by molar-refractivity contribution is 0.101. The van der Waals surface area contributed by atoms with Gasteiger partial charge in [0, 0.05) is 10.0 Å². The number of aliphatic hydroxyl groups is 1. The lowest BCUT2D eigenvalue weighted by atomic mass is 9.88. The third-order valence-electron chi connectivity index (χ3n) is 3.17. The molecule has 1 unspecified atom stereocenters. The van der Waals surface area contributed by atoms with Gasteiger partial charge in [-0.05, 0) is 44.5 Å². The average Bonchev–Trinajstić information content (AvgIpc) is 2.38. The van der Waals surface area contributed by atoms with E-state index in [4.69, 9.17) is 4.74 Å². The molecule has 2 rings (SSSR count). The fourth-order valence-electron chi connectivity index (χ4n) is 2.16. The summed E-state index contributed by atoms with van der Waals surface area (Å²) in [6.07, 6.45) is 0.110. The zero-order valence-electron chi connectivity index (χ0n) is 11.9. The molecule has 2 aromatic rings. The molecule has 2 nitrogen and oxygen atoms in total. The number of benzene rings is 2. The van der Waals surface area contributed by atoms with Crippen LogP contribution in [0.15, 0.2) is 53.0 Å². The van der Waals surface area contributed by atoms with Crippen LogP contribution in [0.5, 0.6) is 5.75 Å². The van der Waals surface area contributed by atoms with Crippen molar-refractivity contribution in [1.82, 2.24) is 0 Å². The standard InChI is InChI=1S/C17H19BrO2/c1-12(2)20-14-8-6-7-13(11-14)17(3,19)15-9-4-5-10-16(15)18/h4-12,19H,1-3H3. The molecule has 0 aliphatic rings. The molecule has 0 saturated heterocycles. The number of hydrogen-bond donors (Lipinski definition) is 1. The maximum Gasteiger partial charge on any atom is 0.120 e. The fraction of sp³-hybridized carbons (Fsp3) is 0.294. The first-order chi connectivity index (χ1) is 9.41. The maximum atomic E-state index is 10.9. The third kappa shape index (κ3) is 3.22. The molecule has 0 radical (unpaired) electrons. The van der Waals surface area contributed by atoms with Crippen molar-refractivity contribution in [1.29, 1.82) is 0 Å². The lowest BCUT2D eigenvalue weighted by Crippen LogP contribution is -2.23. The fourth-order valence-corrected chi connectivity index (χ4v) is 2.83. The van der Waals surface area contributed by atoms with Gasteiger partial charge in [-0.15, -0.1) is 0 Å². The molecule has 106 valence electrons. The van der Waals surface area contributed by atoms with E-state index in [2.05, 4.69) is 15.9 Å². The number of rotatable bonds is 4. The molecule has 20 heavy (non-hydrogen) atoms. The van der Waals surface area contributed by atoms with Gasteiger partial charge in [-0.1, -0.05) is 46.3 Å². The van der Waals surface area contributed by atoms with Gasteiger partial charge in [0.2, 0.25) is 0 Å². The van der Waals surface area contributed by atoms with Crippen LogP contribution in [0.3, 0.4) is 0 Å². The topological polar surface area (TPSA) is 29.5 Å². The summed E-state index contributed by atoms with van der Waals surface area (Å²) in [5.41, 5.74) is 0.570. The van der Waals surface area contributed by atoms with Crippen molar-refractivity contribution in [2.75, 3.05) is 0 Å². The van der Waals surface area contributed by atoms with Gasteiger partial charge in [0.05, 0.1) is 6.10 Å². The van der Waals surface area contributed by atoms with Gasteiger partial charge in [0.1, 0.15) is 11.4 Å². The second-order valence-electron chi connectivity index (χ2n) is 5.25. The SMILES string of the molecule is CC(C)Oc1cccc(C(C)(O)c2ccccc2Br)c1. The van der Waals surface area contributed by atoms with E-state index in [1.165, 1.54) is 0 Å². The number of hydrogen-bond acceptors (Lipinski definition) is 2. The molecular formula is C17H19BrO2. The first-order valence-corrected chi connectivity index (χ1v) is 7.45. The summed E-state index contributed by atoms with van der Waals surface area (Å²) in [6, 6.07) is 15.3. The average molecular weight is 335 g/mol. The molecule has 0 amide bonds. The summed E-state index contributed by atoms with van der Waals surface area (Å²) in [5.74, 6) is 0.768. The van der Waals surface area contributed by atoms with Gasteiger partial charge >= 0.3 is 0 Å². The summed E-state index contributed by atoms with van der Waals surface area (Å²) in [4.78, 5) is 0. The Hall–Kier alpha value is -1.32. The van der Waals surface area contributed by atoms with E-state index in [0.29, 0.717) is 0 Å². The van der Waals surface area contributed by atoms with Gasteiger partial charge < -0.3 is 9.84 Å². The Kier molecular flexibility index (Phi) is 4.51. The summed E-state index contributed by atoms with van der Waals surface area (Å²) < 4.78 is 6.58. The Bertz CT molecular complexity index is 591. The minimum Gasteiger partial charge on any atom is -0.491 e. The largest absolute Gasteiger partial charge is 0.491 e. The molecule has 0 heterocycles. The van der Waals surface area contributed by atoms with Crippen molar-refractivity contribution < 1.29 is 9.84 Å². The summed E-state index contributed by atoms with van der Waals surface area (Å²) in [6.45, 7) is 5.76. The Morgan fingerprint density at radius 3 is 2.45 bits per heavy atom.